The second kappa shape index (κ2) is 6.66. The molecule has 0 aromatic carbocycles. The molecule has 124 valence electrons. The van der Waals surface area contributed by atoms with Crippen molar-refractivity contribution in [2.45, 2.75) is 38.2 Å². The van der Waals surface area contributed by atoms with Crippen LogP contribution in [0.3, 0.4) is 0 Å². The summed E-state index contributed by atoms with van der Waals surface area (Å²) < 4.78 is 0. The number of carbonyl (C=O) groups excluding carboxylic acids is 2. The molecule has 0 spiro atoms. The van der Waals surface area contributed by atoms with E-state index in [-0.39, 0.29) is 30.7 Å². The number of nitrogens with zero attached hydrogens (tertiary/aromatic N) is 2. The zero-order valence-electron chi connectivity index (χ0n) is 13.4. The van der Waals surface area contributed by atoms with Crippen molar-refractivity contribution in [3.8, 4) is 0 Å². The van der Waals surface area contributed by atoms with Crippen molar-refractivity contribution < 1.29 is 14.7 Å². The lowest BCUT2D eigenvalue weighted by Gasteiger charge is -2.19. The topological polar surface area (TPSA) is 82.5 Å². The van der Waals surface area contributed by atoms with Gasteiger partial charge in [-0.2, -0.15) is 0 Å². The number of pyridine rings is 1. The third-order valence-electron chi connectivity index (χ3n) is 4.86. The second-order valence-electron chi connectivity index (χ2n) is 6.46. The Bertz CT molecular complexity index is 617. The quantitative estimate of drug-likeness (QED) is 0.852. The molecular weight excluding hydrogens is 294 g/mol. The number of hydrogen-bond donors (Lipinski definition) is 2. The third kappa shape index (κ3) is 3.37. The van der Waals surface area contributed by atoms with Crippen LogP contribution in [-0.4, -0.2) is 53.0 Å². The molecule has 1 aliphatic carbocycles. The van der Waals surface area contributed by atoms with E-state index in [0.717, 1.165) is 19.3 Å². The van der Waals surface area contributed by atoms with Gasteiger partial charge in [0, 0.05) is 38.7 Å². The Morgan fingerprint density at radius 1 is 1.30 bits per heavy atom. The standard InChI is InChI=1S/C17H23N3O3/c1-18-16(22)7-13-9-20(10-15(13)21)17(23)14-6-11-4-2-3-5-12(11)8-19-14/h6,8,13,15,21H,2-5,7,9-10H2,1H3,(H,18,22)/t13-,15-/m1/s1. The highest BCUT2D eigenvalue weighted by Gasteiger charge is 2.35. The summed E-state index contributed by atoms with van der Waals surface area (Å²) in [5.41, 5.74) is 2.90. The number of aromatic nitrogens is 1. The molecule has 2 heterocycles. The average Bonchev–Trinajstić information content (AvgIpc) is 2.94. The summed E-state index contributed by atoms with van der Waals surface area (Å²) in [6.07, 6.45) is 5.76. The monoisotopic (exact) mass is 317 g/mol. The van der Waals surface area contributed by atoms with Crippen molar-refractivity contribution in [1.29, 1.82) is 0 Å². The van der Waals surface area contributed by atoms with E-state index in [4.69, 9.17) is 0 Å². The van der Waals surface area contributed by atoms with Gasteiger partial charge in [0.05, 0.1) is 6.10 Å². The Balaban J connectivity index is 1.70. The number of aliphatic hydroxyl groups excluding tert-OH is 1. The van der Waals surface area contributed by atoms with Crippen molar-refractivity contribution in [3.63, 3.8) is 0 Å². The smallest absolute Gasteiger partial charge is 0.272 e. The third-order valence-corrected chi connectivity index (χ3v) is 4.86. The van der Waals surface area contributed by atoms with Gasteiger partial charge in [0.25, 0.3) is 5.91 Å². The van der Waals surface area contributed by atoms with Gasteiger partial charge in [0.15, 0.2) is 0 Å². The Morgan fingerprint density at radius 2 is 2.04 bits per heavy atom. The lowest BCUT2D eigenvalue weighted by molar-refractivity contribution is -0.122. The summed E-state index contributed by atoms with van der Waals surface area (Å²) in [6.45, 7) is 0.658. The molecular formula is C17H23N3O3. The molecule has 6 nitrogen and oxygen atoms in total. The van der Waals surface area contributed by atoms with Gasteiger partial charge in [-0.25, -0.2) is 0 Å². The van der Waals surface area contributed by atoms with Gasteiger partial charge in [0.1, 0.15) is 5.69 Å². The van der Waals surface area contributed by atoms with E-state index < -0.39 is 6.10 Å². The molecule has 1 aromatic heterocycles. The van der Waals surface area contributed by atoms with Crippen molar-refractivity contribution >= 4 is 11.8 Å². The number of rotatable bonds is 3. The summed E-state index contributed by atoms with van der Waals surface area (Å²) in [6, 6.07) is 1.90. The molecule has 6 heteroatoms. The highest BCUT2D eigenvalue weighted by Crippen LogP contribution is 2.24. The van der Waals surface area contributed by atoms with E-state index in [2.05, 4.69) is 10.3 Å². The van der Waals surface area contributed by atoms with Crippen LogP contribution >= 0.6 is 0 Å². The Hall–Kier alpha value is -1.95. The van der Waals surface area contributed by atoms with Gasteiger partial charge in [-0.05, 0) is 42.9 Å². The number of β-amino-alcohol motifs (C(OH)–C–C–N with tert-alkyl or cyclic N) is 1. The van der Waals surface area contributed by atoms with E-state index in [9.17, 15) is 14.7 Å². The molecule has 2 atom stereocenters. The van der Waals surface area contributed by atoms with Crippen LogP contribution in [0.2, 0.25) is 0 Å². The van der Waals surface area contributed by atoms with Gasteiger partial charge in [-0.1, -0.05) is 0 Å². The molecule has 2 aliphatic rings. The summed E-state index contributed by atoms with van der Waals surface area (Å²) in [5, 5.41) is 12.7. The molecule has 1 saturated heterocycles. The summed E-state index contributed by atoms with van der Waals surface area (Å²) >= 11 is 0. The van der Waals surface area contributed by atoms with E-state index in [1.165, 1.54) is 17.5 Å². The lowest BCUT2D eigenvalue weighted by Crippen LogP contribution is -2.30. The molecule has 2 amide bonds. The first kappa shape index (κ1) is 15.9. The maximum atomic E-state index is 12.6. The fourth-order valence-corrected chi connectivity index (χ4v) is 3.45. The van der Waals surface area contributed by atoms with Crippen LogP contribution in [0, 0.1) is 5.92 Å². The normalized spacial score (nSPS) is 23.5. The zero-order valence-corrected chi connectivity index (χ0v) is 13.4. The van der Waals surface area contributed by atoms with Crippen LogP contribution in [0.15, 0.2) is 12.3 Å². The van der Waals surface area contributed by atoms with Crippen LogP contribution in [-0.2, 0) is 17.6 Å². The van der Waals surface area contributed by atoms with E-state index in [0.29, 0.717) is 12.2 Å². The molecule has 3 rings (SSSR count). The fraction of sp³-hybridized carbons (Fsp3) is 0.588. The Kier molecular flexibility index (Phi) is 4.61. The highest BCUT2D eigenvalue weighted by molar-refractivity contribution is 5.93. The number of carbonyl (C=O) groups is 2. The maximum absolute atomic E-state index is 12.6. The number of hydrogen-bond acceptors (Lipinski definition) is 4. The van der Waals surface area contributed by atoms with Gasteiger partial charge in [0.2, 0.25) is 5.91 Å². The zero-order chi connectivity index (χ0) is 16.4. The number of fused-ring (bicyclic) bond motifs is 1. The molecule has 2 N–H and O–H groups in total. The van der Waals surface area contributed by atoms with Gasteiger partial charge in [-0.15, -0.1) is 0 Å². The van der Waals surface area contributed by atoms with Crippen LogP contribution in [0.5, 0.6) is 0 Å². The van der Waals surface area contributed by atoms with Crippen molar-refractivity contribution in [1.82, 2.24) is 15.2 Å². The summed E-state index contributed by atoms with van der Waals surface area (Å²) in [7, 11) is 1.57. The summed E-state index contributed by atoms with van der Waals surface area (Å²) in [5.74, 6) is -0.483. The molecule has 0 radical (unpaired) electrons. The number of nitrogens with one attached hydrogen (secondary N) is 1. The molecule has 1 aliphatic heterocycles. The maximum Gasteiger partial charge on any atom is 0.272 e. The van der Waals surface area contributed by atoms with Crippen molar-refractivity contribution in [2.75, 3.05) is 20.1 Å². The largest absolute Gasteiger partial charge is 0.391 e. The predicted molar refractivity (Wildman–Crippen MR) is 85.0 cm³/mol. The minimum atomic E-state index is -0.658. The van der Waals surface area contributed by atoms with Gasteiger partial charge in [-0.3, -0.25) is 14.6 Å². The summed E-state index contributed by atoms with van der Waals surface area (Å²) in [4.78, 5) is 30.0. The minimum absolute atomic E-state index is 0.116. The number of likely N-dealkylation sites (tertiary alicyclic amines) is 1. The highest BCUT2D eigenvalue weighted by atomic mass is 16.3. The molecule has 1 aromatic rings. The number of aryl methyl sites for hydroxylation is 2. The average molecular weight is 317 g/mol. The molecule has 0 saturated carbocycles. The van der Waals surface area contributed by atoms with E-state index in [1.807, 2.05) is 12.3 Å². The number of amides is 2. The first-order valence-electron chi connectivity index (χ1n) is 8.24. The Labute approximate surface area is 135 Å². The lowest BCUT2D eigenvalue weighted by atomic mass is 9.93. The molecule has 0 unspecified atom stereocenters. The minimum Gasteiger partial charge on any atom is -0.391 e. The van der Waals surface area contributed by atoms with Gasteiger partial charge >= 0.3 is 0 Å². The fourth-order valence-electron chi connectivity index (χ4n) is 3.45. The predicted octanol–water partition coefficient (Wildman–Crippen LogP) is 0.529. The van der Waals surface area contributed by atoms with Crippen molar-refractivity contribution in [3.05, 3.63) is 29.1 Å². The van der Waals surface area contributed by atoms with Crippen LogP contribution < -0.4 is 5.32 Å². The van der Waals surface area contributed by atoms with E-state index >= 15 is 0 Å². The van der Waals surface area contributed by atoms with Crippen molar-refractivity contribution in [2.24, 2.45) is 5.92 Å². The molecule has 1 fully saturated rings. The molecule has 23 heavy (non-hydrogen) atoms. The van der Waals surface area contributed by atoms with E-state index in [1.54, 1.807) is 11.9 Å². The van der Waals surface area contributed by atoms with Crippen LogP contribution in [0.1, 0.15) is 40.9 Å². The molecule has 0 bridgehead atoms. The van der Waals surface area contributed by atoms with Crippen LogP contribution in [0.4, 0.5) is 0 Å². The first-order valence-corrected chi connectivity index (χ1v) is 8.24. The van der Waals surface area contributed by atoms with Crippen LogP contribution in [0.25, 0.3) is 0 Å². The van der Waals surface area contributed by atoms with Gasteiger partial charge < -0.3 is 15.3 Å². The second-order valence-corrected chi connectivity index (χ2v) is 6.46. The first-order chi connectivity index (χ1) is 11.1. The SMILES string of the molecule is CNC(=O)C[C@@H]1CN(C(=O)c2cc3c(cn2)CCCC3)C[C@H]1O. The number of aliphatic hydroxyl groups is 1. The Morgan fingerprint density at radius 3 is 2.78 bits per heavy atom.